The maximum absolute atomic E-state index is 6.14. The molecule has 0 unspecified atom stereocenters. The molecule has 1 N–H and O–H groups in total. The first-order chi connectivity index (χ1) is 9.24. The zero-order valence-electron chi connectivity index (χ0n) is 9.64. The highest BCUT2D eigenvalue weighted by Crippen LogP contribution is 2.29. The number of rotatable bonds is 2. The minimum Gasteiger partial charge on any atom is -0.338 e. The van der Waals surface area contributed by atoms with Gasteiger partial charge in [-0.1, -0.05) is 23.2 Å². The molecular formula is C13H8Cl2N4. The summed E-state index contributed by atoms with van der Waals surface area (Å²) in [6.07, 6.45) is 3.12. The van der Waals surface area contributed by atoms with Crippen LogP contribution in [0.1, 0.15) is 0 Å². The summed E-state index contributed by atoms with van der Waals surface area (Å²) in [7, 11) is 0. The number of hydrogen-bond donors (Lipinski definition) is 1. The van der Waals surface area contributed by atoms with E-state index in [1.165, 1.54) is 6.33 Å². The molecule has 19 heavy (non-hydrogen) atoms. The molecule has 1 aromatic carbocycles. The minimum absolute atomic E-state index is 0.378. The molecule has 94 valence electrons. The van der Waals surface area contributed by atoms with Gasteiger partial charge in [-0.2, -0.15) is 0 Å². The summed E-state index contributed by atoms with van der Waals surface area (Å²) >= 11 is 12.0. The van der Waals surface area contributed by atoms with Gasteiger partial charge in [-0.05, 0) is 24.3 Å². The Kier molecular flexibility index (Phi) is 3.19. The second-order valence-electron chi connectivity index (χ2n) is 3.85. The van der Waals surface area contributed by atoms with Crippen molar-refractivity contribution >= 4 is 45.6 Å². The second kappa shape index (κ2) is 4.99. The number of aromatic nitrogens is 3. The molecule has 0 atom stereocenters. The number of halogens is 2. The summed E-state index contributed by atoms with van der Waals surface area (Å²) in [6.45, 7) is 0. The Morgan fingerprint density at radius 1 is 1.00 bits per heavy atom. The Morgan fingerprint density at radius 3 is 2.74 bits per heavy atom. The van der Waals surface area contributed by atoms with Crippen LogP contribution in [0.4, 0.5) is 11.5 Å². The number of hydrogen-bond acceptors (Lipinski definition) is 4. The molecule has 3 rings (SSSR count). The quantitative estimate of drug-likeness (QED) is 0.723. The minimum atomic E-state index is 0.378. The molecule has 0 amide bonds. The molecule has 0 saturated carbocycles. The van der Waals surface area contributed by atoms with Crippen LogP contribution in [0.5, 0.6) is 0 Å². The molecular weight excluding hydrogens is 283 g/mol. The van der Waals surface area contributed by atoms with Gasteiger partial charge in [0, 0.05) is 17.6 Å². The molecule has 0 saturated heterocycles. The summed E-state index contributed by atoms with van der Waals surface area (Å²) in [4.78, 5) is 12.3. The van der Waals surface area contributed by atoms with E-state index in [1.807, 2.05) is 24.3 Å². The van der Waals surface area contributed by atoms with Gasteiger partial charge in [0.1, 0.15) is 17.3 Å². The first-order valence-electron chi connectivity index (χ1n) is 5.52. The lowest BCUT2D eigenvalue weighted by Crippen LogP contribution is -1.96. The monoisotopic (exact) mass is 290 g/mol. The Hall–Kier alpha value is -1.91. The molecule has 0 fully saturated rings. The molecule has 0 radical (unpaired) electrons. The summed E-state index contributed by atoms with van der Waals surface area (Å²) in [6, 6.07) is 9.08. The van der Waals surface area contributed by atoms with Gasteiger partial charge in [0.25, 0.3) is 0 Å². The van der Waals surface area contributed by atoms with E-state index in [-0.39, 0.29) is 0 Å². The van der Waals surface area contributed by atoms with Crippen LogP contribution in [0.15, 0.2) is 42.9 Å². The zero-order chi connectivity index (χ0) is 13.2. The number of nitrogens with zero attached hydrogens (tertiary/aromatic N) is 3. The number of pyridine rings is 1. The van der Waals surface area contributed by atoms with Gasteiger partial charge in [-0.15, -0.1) is 0 Å². The van der Waals surface area contributed by atoms with Gasteiger partial charge in [0.15, 0.2) is 0 Å². The van der Waals surface area contributed by atoms with Crippen LogP contribution in [-0.4, -0.2) is 15.0 Å². The number of anilines is 2. The predicted molar refractivity (Wildman–Crippen MR) is 77.1 cm³/mol. The number of nitrogens with one attached hydrogen (secondary N) is 1. The van der Waals surface area contributed by atoms with Crippen LogP contribution in [0.3, 0.4) is 0 Å². The topological polar surface area (TPSA) is 50.7 Å². The van der Waals surface area contributed by atoms with Gasteiger partial charge in [-0.3, -0.25) is 4.98 Å². The standard InChI is InChI=1S/C13H8Cl2N4/c14-9-3-4-10(13-8(9)2-1-5-16-13)19-12-6-11(15)17-7-18-12/h1-7H,(H,17,18,19). The Labute approximate surface area is 119 Å². The van der Waals surface area contributed by atoms with Crippen molar-refractivity contribution in [3.05, 3.63) is 53.0 Å². The zero-order valence-corrected chi connectivity index (χ0v) is 11.2. The lowest BCUT2D eigenvalue weighted by Gasteiger charge is -2.09. The SMILES string of the molecule is Clc1cc(Nc2ccc(Cl)c3cccnc23)ncn1. The summed E-state index contributed by atoms with van der Waals surface area (Å²) < 4.78 is 0. The molecule has 6 heteroatoms. The van der Waals surface area contributed by atoms with Crippen LogP contribution in [0, 0.1) is 0 Å². The van der Waals surface area contributed by atoms with Gasteiger partial charge in [0.05, 0.1) is 16.2 Å². The maximum Gasteiger partial charge on any atom is 0.135 e. The molecule has 0 aliphatic heterocycles. The largest absolute Gasteiger partial charge is 0.338 e. The second-order valence-corrected chi connectivity index (χ2v) is 4.64. The van der Waals surface area contributed by atoms with Gasteiger partial charge < -0.3 is 5.32 Å². The molecule has 0 aliphatic carbocycles. The molecule has 0 spiro atoms. The Bertz CT molecular complexity index is 746. The lowest BCUT2D eigenvalue weighted by molar-refractivity contribution is 1.17. The fraction of sp³-hybridized carbons (Fsp3) is 0. The third kappa shape index (κ3) is 2.45. The van der Waals surface area contributed by atoms with Crippen molar-refractivity contribution in [3.8, 4) is 0 Å². The van der Waals surface area contributed by atoms with Crippen molar-refractivity contribution < 1.29 is 0 Å². The van der Waals surface area contributed by atoms with Crippen molar-refractivity contribution in [2.24, 2.45) is 0 Å². The molecule has 2 heterocycles. The highest BCUT2D eigenvalue weighted by Gasteiger charge is 2.06. The Morgan fingerprint density at radius 2 is 1.89 bits per heavy atom. The summed E-state index contributed by atoms with van der Waals surface area (Å²) in [5.74, 6) is 0.606. The van der Waals surface area contributed by atoms with Crippen molar-refractivity contribution in [1.82, 2.24) is 15.0 Å². The van der Waals surface area contributed by atoms with Crippen molar-refractivity contribution in [2.75, 3.05) is 5.32 Å². The average molecular weight is 291 g/mol. The third-order valence-electron chi connectivity index (χ3n) is 2.61. The van der Waals surface area contributed by atoms with E-state index in [2.05, 4.69) is 20.3 Å². The van der Waals surface area contributed by atoms with E-state index in [0.717, 1.165) is 16.6 Å². The smallest absolute Gasteiger partial charge is 0.135 e. The molecule has 0 bridgehead atoms. The van der Waals surface area contributed by atoms with E-state index in [1.54, 1.807) is 12.3 Å². The summed E-state index contributed by atoms with van der Waals surface area (Å²) in [5.41, 5.74) is 1.60. The average Bonchev–Trinajstić information content (AvgIpc) is 2.42. The highest BCUT2D eigenvalue weighted by molar-refractivity contribution is 6.35. The van der Waals surface area contributed by atoms with Crippen LogP contribution < -0.4 is 5.32 Å². The Balaban J connectivity index is 2.09. The van der Waals surface area contributed by atoms with E-state index in [9.17, 15) is 0 Å². The lowest BCUT2D eigenvalue weighted by atomic mass is 10.2. The van der Waals surface area contributed by atoms with E-state index >= 15 is 0 Å². The molecule has 3 aromatic rings. The van der Waals surface area contributed by atoms with Crippen LogP contribution >= 0.6 is 23.2 Å². The number of fused-ring (bicyclic) bond motifs is 1. The van der Waals surface area contributed by atoms with Crippen molar-refractivity contribution in [2.45, 2.75) is 0 Å². The predicted octanol–water partition coefficient (Wildman–Crippen LogP) is 4.08. The highest BCUT2D eigenvalue weighted by atomic mass is 35.5. The maximum atomic E-state index is 6.14. The van der Waals surface area contributed by atoms with E-state index in [0.29, 0.717) is 16.0 Å². The van der Waals surface area contributed by atoms with Crippen LogP contribution in [0.2, 0.25) is 10.2 Å². The van der Waals surface area contributed by atoms with Crippen molar-refractivity contribution in [1.29, 1.82) is 0 Å². The van der Waals surface area contributed by atoms with Gasteiger partial charge >= 0.3 is 0 Å². The first kappa shape index (κ1) is 12.1. The molecule has 0 aliphatic rings. The van der Waals surface area contributed by atoms with Crippen molar-refractivity contribution in [3.63, 3.8) is 0 Å². The van der Waals surface area contributed by atoms with Gasteiger partial charge in [-0.25, -0.2) is 9.97 Å². The normalized spacial score (nSPS) is 10.6. The fourth-order valence-corrected chi connectivity index (χ4v) is 2.14. The van der Waals surface area contributed by atoms with E-state index < -0.39 is 0 Å². The third-order valence-corrected chi connectivity index (χ3v) is 3.15. The van der Waals surface area contributed by atoms with Gasteiger partial charge in [0.2, 0.25) is 0 Å². The molecule has 4 nitrogen and oxygen atoms in total. The molecule has 2 aromatic heterocycles. The fourth-order valence-electron chi connectivity index (χ4n) is 1.78. The number of benzene rings is 1. The summed E-state index contributed by atoms with van der Waals surface area (Å²) in [5, 5.41) is 5.08. The van der Waals surface area contributed by atoms with E-state index in [4.69, 9.17) is 23.2 Å². The van der Waals surface area contributed by atoms with Crippen LogP contribution in [0.25, 0.3) is 10.9 Å². The first-order valence-corrected chi connectivity index (χ1v) is 6.27. The van der Waals surface area contributed by atoms with Crippen LogP contribution in [-0.2, 0) is 0 Å².